The molecule has 1 atom stereocenters. The Kier molecular flexibility index (Phi) is 7.41. The molecule has 0 fully saturated rings. The highest BCUT2D eigenvalue weighted by atomic mass is 16.5. The van der Waals surface area contributed by atoms with E-state index in [0.717, 1.165) is 31.6 Å². The standard InChI is InChI=1S/C16H28N2O2/c1-13(17-2)16-14(9-8-10-15(16)20-4)18(3)11-6-5-7-12-19/h8-10,13,17,19H,5-7,11-12H2,1-4H3. The molecule has 0 saturated heterocycles. The molecule has 1 rings (SSSR count). The first kappa shape index (κ1) is 16.8. The number of methoxy groups -OCH3 is 1. The van der Waals surface area contributed by atoms with E-state index in [1.807, 2.05) is 19.2 Å². The van der Waals surface area contributed by atoms with Gasteiger partial charge in [-0.3, -0.25) is 0 Å². The lowest BCUT2D eigenvalue weighted by Gasteiger charge is -2.26. The molecular weight excluding hydrogens is 252 g/mol. The minimum atomic E-state index is 0.237. The number of nitrogens with zero attached hydrogens (tertiary/aromatic N) is 1. The molecule has 0 radical (unpaired) electrons. The lowest BCUT2D eigenvalue weighted by atomic mass is 10.0. The predicted octanol–water partition coefficient (Wildman–Crippen LogP) is 2.57. The van der Waals surface area contributed by atoms with E-state index in [2.05, 4.69) is 30.3 Å². The summed E-state index contributed by atoms with van der Waals surface area (Å²) in [5.74, 6) is 0.923. The van der Waals surface area contributed by atoms with Crippen molar-refractivity contribution in [3.63, 3.8) is 0 Å². The van der Waals surface area contributed by atoms with Crippen molar-refractivity contribution < 1.29 is 9.84 Å². The summed E-state index contributed by atoms with van der Waals surface area (Å²) in [4.78, 5) is 2.27. The van der Waals surface area contributed by atoms with Crippen molar-refractivity contribution in [2.24, 2.45) is 0 Å². The third kappa shape index (κ3) is 4.39. The minimum Gasteiger partial charge on any atom is -0.496 e. The van der Waals surface area contributed by atoms with Crippen molar-refractivity contribution in [2.75, 3.05) is 39.3 Å². The zero-order chi connectivity index (χ0) is 15.0. The van der Waals surface area contributed by atoms with Crippen LogP contribution in [0.25, 0.3) is 0 Å². The van der Waals surface area contributed by atoms with Crippen molar-refractivity contribution in [3.05, 3.63) is 23.8 Å². The van der Waals surface area contributed by atoms with E-state index in [9.17, 15) is 0 Å². The molecule has 0 amide bonds. The van der Waals surface area contributed by atoms with E-state index in [1.165, 1.54) is 11.3 Å². The van der Waals surface area contributed by atoms with Crippen LogP contribution in [0, 0.1) is 0 Å². The molecule has 1 aromatic carbocycles. The molecule has 1 aromatic rings. The zero-order valence-corrected chi connectivity index (χ0v) is 13.1. The summed E-state index contributed by atoms with van der Waals surface area (Å²) in [5, 5.41) is 12.1. The molecule has 0 aromatic heterocycles. The smallest absolute Gasteiger partial charge is 0.125 e. The van der Waals surface area contributed by atoms with Crippen molar-refractivity contribution in [1.29, 1.82) is 0 Å². The molecule has 4 heteroatoms. The van der Waals surface area contributed by atoms with Gasteiger partial charge in [0.05, 0.1) is 7.11 Å². The number of nitrogens with one attached hydrogen (secondary N) is 1. The van der Waals surface area contributed by atoms with Crippen molar-refractivity contribution in [1.82, 2.24) is 5.32 Å². The fourth-order valence-electron chi connectivity index (χ4n) is 2.38. The van der Waals surface area contributed by atoms with E-state index in [4.69, 9.17) is 9.84 Å². The number of aliphatic hydroxyl groups excluding tert-OH is 1. The van der Waals surface area contributed by atoms with Crippen LogP contribution in [0.2, 0.25) is 0 Å². The Morgan fingerprint density at radius 1 is 1.30 bits per heavy atom. The maximum atomic E-state index is 8.83. The highest BCUT2D eigenvalue weighted by molar-refractivity contribution is 5.60. The number of aliphatic hydroxyl groups is 1. The highest BCUT2D eigenvalue weighted by Crippen LogP contribution is 2.34. The van der Waals surface area contributed by atoms with Gasteiger partial charge in [-0.25, -0.2) is 0 Å². The molecule has 0 aliphatic heterocycles. The summed E-state index contributed by atoms with van der Waals surface area (Å²) in [5.41, 5.74) is 2.40. The molecule has 0 aliphatic carbocycles. The van der Waals surface area contributed by atoms with Crippen LogP contribution in [0.1, 0.15) is 37.8 Å². The summed E-state index contributed by atoms with van der Waals surface area (Å²) < 4.78 is 5.50. The Labute approximate surface area is 122 Å². The van der Waals surface area contributed by atoms with Gasteiger partial charge in [0.1, 0.15) is 5.75 Å². The summed E-state index contributed by atoms with van der Waals surface area (Å²) in [6.45, 7) is 3.41. The van der Waals surface area contributed by atoms with E-state index in [-0.39, 0.29) is 12.6 Å². The van der Waals surface area contributed by atoms with Crippen molar-refractivity contribution in [3.8, 4) is 5.75 Å². The maximum absolute atomic E-state index is 8.83. The van der Waals surface area contributed by atoms with Gasteiger partial charge in [-0.1, -0.05) is 6.07 Å². The zero-order valence-electron chi connectivity index (χ0n) is 13.1. The molecule has 2 N–H and O–H groups in total. The number of hydrogen-bond acceptors (Lipinski definition) is 4. The van der Waals surface area contributed by atoms with Gasteiger partial charge in [-0.2, -0.15) is 0 Å². The normalized spacial score (nSPS) is 12.2. The number of unbranched alkanes of at least 4 members (excludes halogenated alkanes) is 2. The lowest BCUT2D eigenvalue weighted by Crippen LogP contribution is -2.23. The highest BCUT2D eigenvalue weighted by Gasteiger charge is 2.17. The fraction of sp³-hybridized carbons (Fsp3) is 0.625. The van der Waals surface area contributed by atoms with Crippen molar-refractivity contribution in [2.45, 2.75) is 32.2 Å². The average Bonchev–Trinajstić information content (AvgIpc) is 2.49. The molecule has 0 heterocycles. The van der Waals surface area contributed by atoms with E-state index < -0.39 is 0 Å². The third-order valence-electron chi connectivity index (χ3n) is 3.69. The molecule has 4 nitrogen and oxygen atoms in total. The van der Waals surface area contributed by atoms with Crippen LogP contribution in [-0.2, 0) is 0 Å². The number of benzene rings is 1. The Hall–Kier alpha value is -1.26. The molecule has 0 aliphatic rings. The second kappa shape index (κ2) is 8.82. The van der Waals surface area contributed by atoms with Gasteiger partial charge < -0.3 is 20.1 Å². The van der Waals surface area contributed by atoms with Gasteiger partial charge in [0.15, 0.2) is 0 Å². The van der Waals surface area contributed by atoms with Crippen molar-refractivity contribution >= 4 is 5.69 Å². The molecule has 20 heavy (non-hydrogen) atoms. The number of anilines is 1. The molecule has 114 valence electrons. The largest absolute Gasteiger partial charge is 0.496 e. The summed E-state index contributed by atoms with van der Waals surface area (Å²) in [7, 11) is 5.79. The summed E-state index contributed by atoms with van der Waals surface area (Å²) >= 11 is 0. The Balaban J connectivity index is 2.86. The monoisotopic (exact) mass is 280 g/mol. The van der Waals surface area contributed by atoms with E-state index >= 15 is 0 Å². The predicted molar refractivity (Wildman–Crippen MR) is 84.7 cm³/mol. The van der Waals surface area contributed by atoms with Crippen LogP contribution in [-0.4, -0.2) is 39.5 Å². The molecule has 1 unspecified atom stereocenters. The first-order valence-corrected chi connectivity index (χ1v) is 7.31. The second-order valence-corrected chi connectivity index (χ2v) is 5.11. The number of ether oxygens (including phenoxy) is 1. The molecule has 0 spiro atoms. The van der Waals surface area contributed by atoms with Gasteiger partial charge in [-0.15, -0.1) is 0 Å². The van der Waals surface area contributed by atoms with Gasteiger partial charge in [-0.05, 0) is 45.4 Å². The van der Waals surface area contributed by atoms with E-state index in [1.54, 1.807) is 7.11 Å². The van der Waals surface area contributed by atoms with Crippen LogP contribution in [0.5, 0.6) is 5.75 Å². The average molecular weight is 280 g/mol. The SMILES string of the molecule is CNC(C)c1c(OC)cccc1N(C)CCCCCO. The quantitative estimate of drug-likeness (QED) is 0.682. The Morgan fingerprint density at radius 2 is 2.05 bits per heavy atom. The molecular formula is C16H28N2O2. The fourth-order valence-corrected chi connectivity index (χ4v) is 2.38. The second-order valence-electron chi connectivity index (χ2n) is 5.11. The van der Waals surface area contributed by atoms with Crippen LogP contribution < -0.4 is 15.0 Å². The topological polar surface area (TPSA) is 44.7 Å². The molecule has 0 saturated carbocycles. The van der Waals surface area contributed by atoms with Crippen LogP contribution in [0.15, 0.2) is 18.2 Å². The first-order chi connectivity index (χ1) is 9.65. The number of rotatable bonds is 9. The summed E-state index contributed by atoms with van der Waals surface area (Å²) in [6, 6.07) is 6.41. The first-order valence-electron chi connectivity index (χ1n) is 7.31. The van der Waals surface area contributed by atoms with Gasteiger partial charge in [0, 0.05) is 37.5 Å². The van der Waals surface area contributed by atoms with Crippen LogP contribution >= 0.6 is 0 Å². The minimum absolute atomic E-state index is 0.237. The summed E-state index contributed by atoms with van der Waals surface area (Å²) in [6.07, 6.45) is 3.02. The molecule has 0 bridgehead atoms. The Bertz CT molecular complexity index is 396. The van der Waals surface area contributed by atoms with E-state index in [0.29, 0.717) is 0 Å². The van der Waals surface area contributed by atoms with Crippen LogP contribution in [0.4, 0.5) is 5.69 Å². The van der Waals surface area contributed by atoms with Gasteiger partial charge in [0.2, 0.25) is 0 Å². The van der Waals surface area contributed by atoms with Gasteiger partial charge >= 0.3 is 0 Å². The number of hydrogen-bond donors (Lipinski definition) is 2. The van der Waals surface area contributed by atoms with Gasteiger partial charge in [0.25, 0.3) is 0 Å². The maximum Gasteiger partial charge on any atom is 0.125 e. The third-order valence-corrected chi connectivity index (χ3v) is 3.69. The Morgan fingerprint density at radius 3 is 2.65 bits per heavy atom. The van der Waals surface area contributed by atoms with Crippen LogP contribution in [0.3, 0.4) is 0 Å². The lowest BCUT2D eigenvalue weighted by molar-refractivity contribution is 0.283.